The zero-order chi connectivity index (χ0) is 29.1. The van der Waals surface area contributed by atoms with Crippen LogP contribution in [0.3, 0.4) is 0 Å². The second-order valence-corrected chi connectivity index (χ2v) is 11.6. The van der Waals surface area contributed by atoms with E-state index in [-0.39, 0.29) is 17.9 Å². The number of likely N-dealkylation sites (tertiary alicyclic amines) is 1. The van der Waals surface area contributed by atoms with Gasteiger partial charge in [-0.15, -0.1) is 0 Å². The van der Waals surface area contributed by atoms with Crippen LogP contribution in [-0.4, -0.2) is 53.2 Å². The number of hydrogen-bond acceptors (Lipinski definition) is 5. The first-order valence-corrected chi connectivity index (χ1v) is 15.0. The number of ether oxygens (including phenoxy) is 1. The van der Waals surface area contributed by atoms with Crippen molar-refractivity contribution in [2.24, 2.45) is 5.73 Å². The molecular formula is C35H40N4O3. The Hall–Kier alpha value is -3.94. The summed E-state index contributed by atoms with van der Waals surface area (Å²) in [5.41, 5.74) is 14.3. The van der Waals surface area contributed by atoms with Crippen LogP contribution in [0.25, 0.3) is 33.1 Å². The van der Waals surface area contributed by atoms with Crippen LogP contribution < -0.4 is 5.73 Å². The molecule has 0 aliphatic carbocycles. The van der Waals surface area contributed by atoms with Gasteiger partial charge >= 0.3 is 0 Å². The van der Waals surface area contributed by atoms with Crippen molar-refractivity contribution in [2.45, 2.75) is 57.5 Å². The summed E-state index contributed by atoms with van der Waals surface area (Å²) in [6.45, 7) is 5.15. The molecular weight excluding hydrogens is 524 g/mol. The second kappa shape index (κ2) is 12.5. The highest BCUT2D eigenvalue weighted by Gasteiger charge is 2.29. The molecule has 0 unspecified atom stereocenters. The Morgan fingerprint density at radius 1 is 1.12 bits per heavy atom. The fourth-order valence-corrected chi connectivity index (χ4v) is 6.34. The molecule has 2 N–H and O–H groups in total. The maximum atomic E-state index is 13.4. The van der Waals surface area contributed by atoms with Crippen LogP contribution >= 0.6 is 0 Å². The number of benzene rings is 3. The molecule has 0 radical (unpaired) electrons. The van der Waals surface area contributed by atoms with Gasteiger partial charge in [-0.05, 0) is 79.1 Å². The number of furan rings is 1. The standard InChI is InChI=1S/C35H40N4O3/c1-24-6-3-8-31-34(24)37-35(39(31)17-5-18-41-2)29-7-4-16-38(23-29)33(40)22-30(36)20-25-9-11-26(12-10-25)27-13-14-32-28(21-27)15-19-42-32/h3,6,8-15,19,21,29-30H,4-5,7,16-18,20,22-23,36H2,1-2H3/t29-,30-/m1/s1. The van der Waals surface area contributed by atoms with Gasteiger partial charge in [0.1, 0.15) is 11.4 Å². The van der Waals surface area contributed by atoms with Gasteiger partial charge in [0.05, 0.1) is 17.3 Å². The number of nitrogens with two attached hydrogens (primary N) is 1. The molecule has 2 aromatic heterocycles. The van der Waals surface area contributed by atoms with E-state index in [1.165, 1.54) is 11.1 Å². The average molecular weight is 565 g/mol. The lowest BCUT2D eigenvalue weighted by atomic mass is 9.95. The largest absolute Gasteiger partial charge is 0.464 e. The van der Waals surface area contributed by atoms with Crippen LogP contribution in [0.1, 0.15) is 48.6 Å². The van der Waals surface area contributed by atoms with Crippen molar-refractivity contribution in [1.82, 2.24) is 14.5 Å². The third-order valence-corrected chi connectivity index (χ3v) is 8.55. The molecule has 3 heterocycles. The van der Waals surface area contributed by atoms with Crippen LogP contribution in [0.5, 0.6) is 0 Å². The smallest absolute Gasteiger partial charge is 0.224 e. The predicted octanol–water partition coefficient (Wildman–Crippen LogP) is 6.46. The van der Waals surface area contributed by atoms with Gasteiger partial charge in [0.25, 0.3) is 0 Å². The van der Waals surface area contributed by atoms with Crippen LogP contribution in [0.15, 0.2) is 77.4 Å². The van der Waals surface area contributed by atoms with Crippen molar-refractivity contribution in [3.05, 3.63) is 89.9 Å². The van der Waals surface area contributed by atoms with E-state index in [0.29, 0.717) is 26.0 Å². The van der Waals surface area contributed by atoms with Crippen LogP contribution in [0, 0.1) is 6.92 Å². The van der Waals surface area contributed by atoms with Crippen LogP contribution in [0.2, 0.25) is 0 Å². The number of nitrogens with zero attached hydrogens (tertiary/aromatic N) is 3. The first-order valence-electron chi connectivity index (χ1n) is 15.0. The number of piperidine rings is 1. The summed E-state index contributed by atoms with van der Waals surface area (Å²) in [5, 5.41) is 1.09. The van der Waals surface area contributed by atoms with Crippen molar-refractivity contribution in [2.75, 3.05) is 26.8 Å². The van der Waals surface area contributed by atoms with Crippen molar-refractivity contribution in [3.8, 4) is 11.1 Å². The zero-order valence-electron chi connectivity index (χ0n) is 24.6. The number of aryl methyl sites for hydroxylation is 2. The van der Waals surface area contributed by atoms with E-state index in [9.17, 15) is 4.79 Å². The van der Waals surface area contributed by atoms with Gasteiger partial charge in [-0.3, -0.25) is 4.79 Å². The molecule has 1 fully saturated rings. The fourth-order valence-electron chi connectivity index (χ4n) is 6.34. The molecule has 1 aliphatic rings. The highest BCUT2D eigenvalue weighted by atomic mass is 16.5. The summed E-state index contributed by atoms with van der Waals surface area (Å²) in [6, 6.07) is 22.8. The lowest BCUT2D eigenvalue weighted by molar-refractivity contribution is -0.132. The van der Waals surface area contributed by atoms with Gasteiger partial charge in [-0.25, -0.2) is 4.98 Å². The summed E-state index contributed by atoms with van der Waals surface area (Å²) < 4.78 is 13.1. The number of para-hydroxylation sites is 1. The molecule has 6 rings (SSSR count). The lowest BCUT2D eigenvalue weighted by Crippen LogP contribution is -2.42. The van der Waals surface area contributed by atoms with Crippen molar-refractivity contribution < 1.29 is 13.9 Å². The van der Waals surface area contributed by atoms with Crippen molar-refractivity contribution >= 4 is 27.9 Å². The van der Waals surface area contributed by atoms with E-state index >= 15 is 0 Å². The highest BCUT2D eigenvalue weighted by Crippen LogP contribution is 2.31. The molecule has 0 bridgehead atoms. The van der Waals surface area contributed by atoms with E-state index in [0.717, 1.165) is 71.4 Å². The minimum atomic E-state index is -0.229. The van der Waals surface area contributed by atoms with Gasteiger partial charge in [-0.2, -0.15) is 0 Å². The third kappa shape index (κ3) is 5.98. The van der Waals surface area contributed by atoms with E-state index in [1.54, 1.807) is 13.4 Å². The maximum absolute atomic E-state index is 13.4. The van der Waals surface area contributed by atoms with Crippen molar-refractivity contribution in [3.63, 3.8) is 0 Å². The fraction of sp³-hybridized carbons (Fsp3) is 0.371. The molecule has 0 spiro atoms. The van der Waals surface area contributed by atoms with Crippen LogP contribution in [0.4, 0.5) is 0 Å². The number of methoxy groups -OCH3 is 1. The van der Waals surface area contributed by atoms with Crippen molar-refractivity contribution in [1.29, 1.82) is 0 Å². The normalized spacial score (nSPS) is 16.4. The molecule has 42 heavy (non-hydrogen) atoms. The van der Waals surface area contributed by atoms with Crippen LogP contribution in [-0.2, 0) is 22.5 Å². The summed E-state index contributed by atoms with van der Waals surface area (Å²) in [4.78, 5) is 20.5. The molecule has 1 aliphatic heterocycles. The number of amides is 1. The Labute approximate surface area is 247 Å². The number of carbonyl (C=O) groups is 1. The summed E-state index contributed by atoms with van der Waals surface area (Å²) in [6.07, 6.45) is 5.65. The SMILES string of the molecule is COCCCn1c([C@@H]2CCCN(C(=O)C[C@H](N)Cc3ccc(-c4ccc5occc5c4)cc3)C2)nc2c(C)cccc21. The lowest BCUT2D eigenvalue weighted by Gasteiger charge is -2.33. The van der Waals surface area contributed by atoms with E-state index in [4.69, 9.17) is 19.9 Å². The number of fused-ring (bicyclic) bond motifs is 2. The zero-order valence-corrected chi connectivity index (χ0v) is 24.6. The van der Waals surface area contributed by atoms with Gasteiger partial charge in [0.2, 0.25) is 5.91 Å². The molecule has 7 heteroatoms. The molecule has 5 aromatic rings. The minimum absolute atomic E-state index is 0.135. The maximum Gasteiger partial charge on any atom is 0.224 e. The summed E-state index contributed by atoms with van der Waals surface area (Å²) in [7, 11) is 1.74. The van der Waals surface area contributed by atoms with Gasteiger partial charge in [0.15, 0.2) is 0 Å². The second-order valence-electron chi connectivity index (χ2n) is 11.6. The molecule has 2 atom stereocenters. The Morgan fingerprint density at radius 2 is 1.95 bits per heavy atom. The third-order valence-electron chi connectivity index (χ3n) is 8.55. The first-order chi connectivity index (χ1) is 20.5. The van der Waals surface area contributed by atoms with Gasteiger partial charge in [-0.1, -0.05) is 42.5 Å². The molecule has 1 amide bonds. The monoisotopic (exact) mass is 564 g/mol. The molecule has 3 aromatic carbocycles. The Kier molecular flexibility index (Phi) is 8.40. The van der Waals surface area contributed by atoms with Gasteiger partial charge in [0, 0.05) is 57.1 Å². The number of carbonyl (C=O) groups excluding carboxylic acids is 1. The predicted molar refractivity (Wildman–Crippen MR) is 167 cm³/mol. The average Bonchev–Trinajstić information content (AvgIpc) is 3.63. The van der Waals surface area contributed by atoms with E-state index in [2.05, 4.69) is 66.1 Å². The Bertz CT molecular complexity index is 1670. The number of hydrogen-bond donors (Lipinski definition) is 1. The minimum Gasteiger partial charge on any atom is -0.464 e. The Morgan fingerprint density at radius 3 is 2.79 bits per heavy atom. The van der Waals surface area contributed by atoms with E-state index in [1.807, 2.05) is 17.0 Å². The molecule has 7 nitrogen and oxygen atoms in total. The van der Waals surface area contributed by atoms with E-state index < -0.39 is 0 Å². The van der Waals surface area contributed by atoms with Gasteiger partial charge < -0.3 is 24.4 Å². The quantitative estimate of drug-likeness (QED) is 0.197. The molecule has 218 valence electrons. The Balaban J connectivity index is 1.09. The summed E-state index contributed by atoms with van der Waals surface area (Å²) >= 11 is 0. The number of aromatic nitrogens is 2. The molecule has 0 saturated carbocycles. The topological polar surface area (TPSA) is 86.5 Å². The summed E-state index contributed by atoms with van der Waals surface area (Å²) in [5.74, 6) is 1.43. The number of imidazole rings is 1. The number of rotatable bonds is 10. The first kappa shape index (κ1) is 28.2. The molecule has 1 saturated heterocycles. The highest BCUT2D eigenvalue weighted by molar-refractivity contribution is 5.83.